The van der Waals surface area contributed by atoms with Crippen LogP contribution in [0.3, 0.4) is 0 Å². The van der Waals surface area contributed by atoms with Crippen LogP contribution in [0.1, 0.15) is 30.5 Å². The number of fused-ring (bicyclic) bond motifs is 1. The maximum atomic E-state index is 13.2. The van der Waals surface area contributed by atoms with Crippen molar-refractivity contribution in [3.8, 4) is 0 Å². The van der Waals surface area contributed by atoms with E-state index in [2.05, 4.69) is 10.2 Å². The smallest absolute Gasteiger partial charge is 0.338 e. The van der Waals surface area contributed by atoms with Gasteiger partial charge in [-0.2, -0.15) is 0 Å². The number of aliphatic imine (C=N–C) groups is 1. The highest BCUT2D eigenvalue weighted by atomic mass is 32.2. The molecule has 0 bridgehead atoms. The number of hydrogen-bond donors (Lipinski definition) is 1. The zero-order valence-electron chi connectivity index (χ0n) is 21.1. The molecular formula is C26H34N4O5S. The van der Waals surface area contributed by atoms with Crippen LogP contribution in [0, 0.1) is 6.92 Å². The lowest BCUT2D eigenvalue weighted by Gasteiger charge is -2.37. The number of thioether (sulfide) groups is 1. The summed E-state index contributed by atoms with van der Waals surface area (Å²) in [4.78, 5) is 35.1. The third kappa shape index (κ3) is 6.18. The number of rotatable bonds is 10. The number of esters is 1. The molecule has 0 unspecified atom stereocenters. The maximum absolute atomic E-state index is 13.2. The molecule has 1 aromatic rings. The Morgan fingerprint density at radius 1 is 1.19 bits per heavy atom. The molecule has 0 aromatic heterocycles. The zero-order chi connectivity index (χ0) is 25.5. The van der Waals surface area contributed by atoms with Crippen LogP contribution >= 0.6 is 11.8 Å². The molecule has 1 atom stereocenters. The Balaban J connectivity index is 1.52. The predicted molar refractivity (Wildman–Crippen MR) is 139 cm³/mol. The summed E-state index contributed by atoms with van der Waals surface area (Å²) < 4.78 is 15.9. The van der Waals surface area contributed by atoms with Crippen LogP contribution in [0.15, 0.2) is 51.6 Å². The van der Waals surface area contributed by atoms with Gasteiger partial charge in [0.1, 0.15) is 6.61 Å². The van der Waals surface area contributed by atoms with Crippen molar-refractivity contribution in [1.82, 2.24) is 15.1 Å². The second-order valence-corrected chi connectivity index (χ2v) is 9.70. The van der Waals surface area contributed by atoms with E-state index in [1.165, 1.54) is 11.8 Å². The lowest BCUT2D eigenvalue weighted by molar-refractivity contribution is -0.141. The highest BCUT2D eigenvalue weighted by molar-refractivity contribution is 8.16. The van der Waals surface area contributed by atoms with Crippen LogP contribution in [-0.2, 0) is 23.8 Å². The highest BCUT2D eigenvalue weighted by Gasteiger charge is 2.41. The molecule has 0 radical (unpaired) electrons. The van der Waals surface area contributed by atoms with Crippen LogP contribution in [0.5, 0.6) is 0 Å². The van der Waals surface area contributed by atoms with Crippen molar-refractivity contribution in [1.29, 1.82) is 0 Å². The maximum Gasteiger partial charge on any atom is 0.338 e. The number of ether oxygens (including phenoxy) is 3. The summed E-state index contributed by atoms with van der Waals surface area (Å²) in [6.45, 7) is 8.95. The lowest BCUT2D eigenvalue weighted by atomic mass is 9.91. The molecule has 1 saturated heterocycles. The van der Waals surface area contributed by atoms with E-state index >= 15 is 0 Å². The summed E-state index contributed by atoms with van der Waals surface area (Å²) in [7, 11) is 1.57. The third-order valence-corrected chi connectivity index (χ3v) is 7.31. The van der Waals surface area contributed by atoms with Crippen LogP contribution in [-0.4, -0.2) is 86.6 Å². The van der Waals surface area contributed by atoms with Gasteiger partial charge in [0.05, 0.1) is 43.6 Å². The molecule has 1 fully saturated rings. The van der Waals surface area contributed by atoms with Gasteiger partial charge in [0, 0.05) is 39.0 Å². The van der Waals surface area contributed by atoms with Gasteiger partial charge in [0.25, 0.3) is 0 Å². The fourth-order valence-corrected chi connectivity index (χ4v) is 5.48. The minimum atomic E-state index is -0.434. The number of methoxy groups -OCH3 is 1. The molecule has 0 saturated carbocycles. The predicted octanol–water partition coefficient (Wildman–Crippen LogP) is 2.60. The van der Waals surface area contributed by atoms with Gasteiger partial charge < -0.3 is 24.4 Å². The van der Waals surface area contributed by atoms with Gasteiger partial charge in [-0.1, -0.05) is 36.0 Å². The molecule has 1 aromatic carbocycles. The number of amidine groups is 1. The van der Waals surface area contributed by atoms with Gasteiger partial charge in [-0.25, -0.2) is 9.79 Å². The Morgan fingerprint density at radius 3 is 2.72 bits per heavy atom. The van der Waals surface area contributed by atoms with Gasteiger partial charge in [0.2, 0.25) is 5.91 Å². The number of carbonyl (C=O) groups is 2. The molecule has 10 heteroatoms. The Hall–Kier alpha value is -2.66. The van der Waals surface area contributed by atoms with Gasteiger partial charge in [-0.3, -0.25) is 9.69 Å². The quantitative estimate of drug-likeness (QED) is 0.376. The standard InChI is InChI=1S/C26H34N4O5S/c1-18-6-4-5-7-21(18)24-23(25(32)35-15-14-33-3)19(2)28-26-30(24)20(17-36-26)16-22(31)27-8-9-29-10-12-34-13-11-29/h4-7,17,24H,8-16H2,1-3H3,(H,27,31)/t24-/m0/s1. The largest absolute Gasteiger partial charge is 0.460 e. The first kappa shape index (κ1) is 26.4. The Kier molecular flexibility index (Phi) is 9.19. The average molecular weight is 515 g/mol. The van der Waals surface area contributed by atoms with E-state index in [1.807, 2.05) is 48.4 Å². The van der Waals surface area contributed by atoms with E-state index in [9.17, 15) is 9.59 Å². The topological polar surface area (TPSA) is 92.7 Å². The van der Waals surface area contributed by atoms with Gasteiger partial charge in [0.15, 0.2) is 5.17 Å². The molecular weight excluding hydrogens is 480 g/mol. The molecule has 1 N–H and O–H groups in total. The molecule has 194 valence electrons. The molecule has 0 aliphatic carbocycles. The van der Waals surface area contributed by atoms with E-state index in [-0.39, 0.29) is 18.9 Å². The van der Waals surface area contributed by atoms with Crippen molar-refractivity contribution < 1.29 is 23.8 Å². The molecule has 36 heavy (non-hydrogen) atoms. The fraction of sp³-hybridized carbons (Fsp3) is 0.500. The molecule has 3 aliphatic heterocycles. The average Bonchev–Trinajstić information content (AvgIpc) is 3.26. The third-order valence-electron chi connectivity index (χ3n) is 6.42. The van der Waals surface area contributed by atoms with Crippen molar-refractivity contribution >= 4 is 28.8 Å². The number of morpholine rings is 1. The van der Waals surface area contributed by atoms with Crippen molar-refractivity contribution in [2.45, 2.75) is 26.3 Å². The minimum absolute atomic E-state index is 0.0598. The summed E-state index contributed by atoms with van der Waals surface area (Å²) in [5.74, 6) is -0.484. The van der Waals surface area contributed by atoms with E-state index < -0.39 is 12.0 Å². The van der Waals surface area contributed by atoms with Crippen molar-refractivity contribution in [2.24, 2.45) is 4.99 Å². The van der Waals surface area contributed by atoms with Crippen LogP contribution < -0.4 is 5.32 Å². The second-order valence-electron chi connectivity index (χ2n) is 8.86. The van der Waals surface area contributed by atoms with Crippen molar-refractivity contribution in [3.63, 3.8) is 0 Å². The zero-order valence-corrected chi connectivity index (χ0v) is 21.9. The van der Waals surface area contributed by atoms with E-state index in [0.29, 0.717) is 24.4 Å². The summed E-state index contributed by atoms with van der Waals surface area (Å²) in [5.41, 5.74) is 3.93. The first-order chi connectivity index (χ1) is 17.5. The number of benzene rings is 1. The van der Waals surface area contributed by atoms with E-state index in [4.69, 9.17) is 19.2 Å². The molecule has 3 aliphatic rings. The van der Waals surface area contributed by atoms with Gasteiger partial charge in [-0.15, -0.1) is 0 Å². The number of nitrogens with zero attached hydrogens (tertiary/aromatic N) is 3. The summed E-state index contributed by atoms with van der Waals surface area (Å²) in [6, 6.07) is 7.54. The second kappa shape index (κ2) is 12.5. The summed E-state index contributed by atoms with van der Waals surface area (Å²) >= 11 is 1.47. The lowest BCUT2D eigenvalue weighted by Crippen LogP contribution is -2.42. The minimum Gasteiger partial charge on any atom is -0.460 e. The number of amides is 1. The number of aryl methyl sites for hydroxylation is 1. The number of hydrogen-bond acceptors (Lipinski definition) is 9. The summed E-state index contributed by atoms with van der Waals surface area (Å²) in [6.07, 6.45) is 0.197. The van der Waals surface area contributed by atoms with E-state index in [1.54, 1.807) is 7.11 Å². The molecule has 4 rings (SSSR count). The Labute approximate surface area is 216 Å². The van der Waals surface area contributed by atoms with Gasteiger partial charge in [-0.05, 0) is 30.4 Å². The normalized spacial score (nSPS) is 20.1. The van der Waals surface area contributed by atoms with Crippen molar-refractivity contribution in [2.75, 3.05) is 59.7 Å². The Morgan fingerprint density at radius 2 is 1.97 bits per heavy atom. The SMILES string of the molecule is COCCOC(=O)C1=C(C)N=C2SC=C(CC(=O)NCCN3CCOCC3)N2[C@H]1c1ccccc1C. The van der Waals surface area contributed by atoms with Crippen LogP contribution in [0.25, 0.3) is 0 Å². The molecule has 9 nitrogen and oxygen atoms in total. The monoisotopic (exact) mass is 514 g/mol. The fourth-order valence-electron chi connectivity index (χ4n) is 4.52. The first-order valence-electron chi connectivity index (χ1n) is 12.2. The molecule has 1 amide bonds. The Bertz CT molecular complexity index is 1060. The van der Waals surface area contributed by atoms with E-state index in [0.717, 1.165) is 54.8 Å². The first-order valence-corrected chi connectivity index (χ1v) is 13.1. The summed E-state index contributed by atoms with van der Waals surface area (Å²) in [5, 5.41) is 5.75. The highest BCUT2D eigenvalue weighted by Crippen LogP contribution is 2.45. The number of carbonyl (C=O) groups excluding carboxylic acids is 2. The molecule has 0 spiro atoms. The van der Waals surface area contributed by atoms with Crippen LogP contribution in [0.2, 0.25) is 0 Å². The van der Waals surface area contributed by atoms with Crippen LogP contribution in [0.4, 0.5) is 0 Å². The number of nitrogens with one attached hydrogen (secondary N) is 1. The van der Waals surface area contributed by atoms with Crippen molar-refractivity contribution in [3.05, 3.63) is 57.8 Å². The van der Waals surface area contributed by atoms with Gasteiger partial charge >= 0.3 is 5.97 Å². The molecule has 3 heterocycles. The number of allylic oxidation sites excluding steroid dienone is 1.